The molecule has 0 bridgehead atoms. The summed E-state index contributed by atoms with van der Waals surface area (Å²) in [7, 11) is 5.65. The Hall–Kier alpha value is -1.59. The molecule has 3 N–H and O–H groups in total. The molecule has 2 rings (SSSR count). The van der Waals surface area contributed by atoms with E-state index in [-0.39, 0.29) is 12.3 Å². The molecule has 2 aliphatic rings. The first-order chi connectivity index (χ1) is 7.58. The number of carbonyl (C=O) groups excluding carboxylic acids is 1. The van der Waals surface area contributed by atoms with E-state index in [9.17, 15) is 4.79 Å². The Labute approximate surface area is 95.0 Å². The van der Waals surface area contributed by atoms with Crippen molar-refractivity contribution in [3.8, 4) is 0 Å². The van der Waals surface area contributed by atoms with Gasteiger partial charge in [-0.2, -0.15) is 4.90 Å². The van der Waals surface area contributed by atoms with Crippen LogP contribution in [0, 0.1) is 5.92 Å². The molecular formula is C10H19N5O+2. The minimum absolute atomic E-state index is 0.0645. The summed E-state index contributed by atoms with van der Waals surface area (Å²) in [5, 5.41) is 5.92. The Kier molecular flexibility index (Phi) is 2.80. The number of amides is 2. The van der Waals surface area contributed by atoms with Crippen LogP contribution < -0.4 is 15.6 Å². The number of amidine groups is 1. The van der Waals surface area contributed by atoms with E-state index in [1.165, 1.54) is 12.8 Å². The molecule has 6 nitrogen and oxygen atoms in total. The van der Waals surface area contributed by atoms with Crippen molar-refractivity contribution in [2.24, 2.45) is 5.92 Å². The third-order valence-corrected chi connectivity index (χ3v) is 2.69. The van der Waals surface area contributed by atoms with Crippen molar-refractivity contribution >= 4 is 18.2 Å². The first-order valence-electron chi connectivity index (χ1n) is 5.51. The number of carbonyl (C=O) groups is 1. The molecule has 1 heterocycles. The third kappa shape index (κ3) is 2.32. The lowest BCUT2D eigenvalue weighted by molar-refractivity contribution is -0.526. The third-order valence-electron chi connectivity index (χ3n) is 2.69. The molecule has 6 heteroatoms. The van der Waals surface area contributed by atoms with Crippen LogP contribution in [0.4, 0.5) is 4.79 Å². The zero-order valence-corrected chi connectivity index (χ0v) is 9.95. The fourth-order valence-electron chi connectivity index (χ4n) is 1.67. The van der Waals surface area contributed by atoms with E-state index in [1.807, 2.05) is 25.0 Å². The Morgan fingerprint density at radius 3 is 2.81 bits per heavy atom. The second kappa shape index (κ2) is 4.11. The van der Waals surface area contributed by atoms with Crippen molar-refractivity contribution in [1.29, 1.82) is 0 Å². The number of nitrogens with zero attached hydrogens (tertiary/aromatic N) is 2. The SMILES string of the molecule is CN1C(=O)N[C@H](NC=[N+](C)C)[NH+]=C1C1CC1. The van der Waals surface area contributed by atoms with E-state index < -0.39 is 0 Å². The van der Waals surface area contributed by atoms with E-state index in [1.54, 1.807) is 11.9 Å². The summed E-state index contributed by atoms with van der Waals surface area (Å²) in [5.41, 5.74) is 0. The average molecular weight is 225 g/mol. The van der Waals surface area contributed by atoms with Gasteiger partial charge in [-0.1, -0.05) is 0 Å². The maximum atomic E-state index is 11.7. The fourth-order valence-corrected chi connectivity index (χ4v) is 1.67. The molecule has 0 aromatic rings. The van der Waals surface area contributed by atoms with Crippen molar-refractivity contribution < 1.29 is 14.4 Å². The van der Waals surface area contributed by atoms with Crippen LogP contribution in [0.15, 0.2) is 0 Å². The Morgan fingerprint density at radius 2 is 2.25 bits per heavy atom. The van der Waals surface area contributed by atoms with Gasteiger partial charge in [0.25, 0.3) is 5.84 Å². The summed E-state index contributed by atoms with van der Waals surface area (Å²) >= 11 is 0. The highest BCUT2D eigenvalue weighted by atomic mass is 16.2. The minimum atomic E-state index is -0.221. The highest BCUT2D eigenvalue weighted by Crippen LogP contribution is 2.30. The molecule has 0 spiro atoms. The molecule has 0 unspecified atom stereocenters. The molecule has 16 heavy (non-hydrogen) atoms. The van der Waals surface area contributed by atoms with Crippen molar-refractivity contribution in [3.63, 3.8) is 0 Å². The lowest BCUT2D eigenvalue weighted by Gasteiger charge is -2.20. The van der Waals surface area contributed by atoms with Gasteiger partial charge in [-0.05, 0) is 12.8 Å². The van der Waals surface area contributed by atoms with Crippen LogP contribution in [0.1, 0.15) is 12.8 Å². The first kappa shape index (κ1) is 10.9. The van der Waals surface area contributed by atoms with E-state index >= 15 is 0 Å². The second-order valence-corrected chi connectivity index (χ2v) is 4.50. The van der Waals surface area contributed by atoms with Crippen molar-refractivity contribution in [3.05, 3.63) is 0 Å². The average Bonchev–Trinajstić information content (AvgIpc) is 3.03. The van der Waals surface area contributed by atoms with E-state index in [0.29, 0.717) is 5.92 Å². The molecule has 1 saturated carbocycles. The number of hydrogen-bond donors (Lipinski definition) is 3. The van der Waals surface area contributed by atoms with Crippen LogP contribution in [0.5, 0.6) is 0 Å². The standard InChI is InChI=1S/C10H17N5O/c1-14(2)6-11-9-12-8(7-4-5-7)15(3)10(16)13-9/h6-7,9H,4-5H2,1-3H3,(H,13,16)/p+2/t9-/m1/s1. The van der Waals surface area contributed by atoms with Gasteiger partial charge in [0.05, 0.1) is 27.1 Å². The van der Waals surface area contributed by atoms with Gasteiger partial charge < -0.3 is 0 Å². The summed E-state index contributed by atoms with van der Waals surface area (Å²) in [6, 6.07) is -0.0645. The maximum absolute atomic E-state index is 11.7. The number of hydrogen-bond acceptors (Lipinski definition) is 1. The summed E-state index contributed by atoms with van der Waals surface area (Å²) in [6.07, 6.45) is 3.93. The smallest absolute Gasteiger partial charge is 0.274 e. The van der Waals surface area contributed by atoms with Crippen LogP contribution in [-0.2, 0) is 0 Å². The van der Waals surface area contributed by atoms with Gasteiger partial charge in [0.2, 0.25) is 6.34 Å². The Morgan fingerprint density at radius 1 is 1.56 bits per heavy atom. The van der Waals surface area contributed by atoms with Crippen LogP contribution >= 0.6 is 0 Å². The zero-order valence-electron chi connectivity index (χ0n) is 9.95. The molecule has 2 amide bonds. The van der Waals surface area contributed by atoms with Crippen LogP contribution in [0.3, 0.4) is 0 Å². The molecule has 1 atom stereocenters. The van der Waals surface area contributed by atoms with Gasteiger partial charge in [-0.25, -0.2) is 20.4 Å². The molecule has 1 fully saturated rings. The monoisotopic (exact) mass is 225 g/mol. The molecular weight excluding hydrogens is 206 g/mol. The van der Waals surface area contributed by atoms with Gasteiger partial charge in [0, 0.05) is 0 Å². The minimum Gasteiger partial charge on any atom is -0.274 e. The van der Waals surface area contributed by atoms with Gasteiger partial charge in [-0.3, -0.25) is 4.58 Å². The van der Waals surface area contributed by atoms with Crippen LogP contribution in [-0.4, -0.2) is 55.1 Å². The summed E-state index contributed by atoms with van der Waals surface area (Å²) in [6.45, 7) is 0. The van der Waals surface area contributed by atoms with E-state index in [2.05, 4.69) is 15.6 Å². The highest BCUT2D eigenvalue weighted by molar-refractivity contribution is 5.97. The Bertz CT molecular complexity index is 354. The van der Waals surface area contributed by atoms with Gasteiger partial charge >= 0.3 is 12.3 Å². The molecule has 1 aliphatic heterocycles. The summed E-state index contributed by atoms with van der Waals surface area (Å²) in [4.78, 5) is 16.6. The van der Waals surface area contributed by atoms with Crippen LogP contribution in [0.2, 0.25) is 0 Å². The zero-order chi connectivity index (χ0) is 11.7. The number of nitrogens with one attached hydrogen (secondary N) is 3. The number of urea groups is 1. The first-order valence-corrected chi connectivity index (χ1v) is 5.51. The Balaban J connectivity index is 2.09. The van der Waals surface area contributed by atoms with E-state index in [4.69, 9.17) is 0 Å². The largest absolute Gasteiger partial charge is 0.414 e. The van der Waals surface area contributed by atoms with Gasteiger partial charge in [0.15, 0.2) is 0 Å². The number of rotatable bonds is 3. The predicted molar refractivity (Wildman–Crippen MR) is 60.1 cm³/mol. The van der Waals surface area contributed by atoms with Crippen LogP contribution in [0.25, 0.3) is 0 Å². The molecule has 1 aliphatic carbocycles. The lowest BCUT2D eigenvalue weighted by atomic mass is 10.3. The maximum Gasteiger partial charge on any atom is 0.414 e. The molecule has 88 valence electrons. The predicted octanol–water partition coefficient (Wildman–Crippen LogP) is -2.30. The summed E-state index contributed by atoms with van der Waals surface area (Å²) in [5.74, 6) is 1.55. The topological polar surface area (TPSA) is 61.4 Å². The highest BCUT2D eigenvalue weighted by Gasteiger charge is 2.42. The lowest BCUT2D eigenvalue weighted by Crippen LogP contribution is -2.94. The fraction of sp³-hybridized carbons (Fsp3) is 0.700. The molecule has 0 aromatic heterocycles. The van der Waals surface area contributed by atoms with Gasteiger partial charge in [0.1, 0.15) is 0 Å². The molecule has 0 radical (unpaired) electrons. The van der Waals surface area contributed by atoms with Crippen molar-refractivity contribution in [1.82, 2.24) is 15.5 Å². The van der Waals surface area contributed by atoms with Gasteiger partial charge in [-0.15, -0.1) is 0 Å². The molecule has 0 aromatic carbocycles. The van der Waals surface area contributed by atoms with Crippen molar-refractivity contribution in [2.75, 3.05) is 21.1 Å². The quantitative estimate of drug-likeness (QED) is 0.287. The molecule has 0 saturated heterocycles. The normalized spacial score (nSPS) is 24.7. The van der Waals surface area contributed by atoms with Crippen molar-refractivity contribution in [2.45, 2.75) is 19.1 Å². The van der Waals surface area contributed by atoms with E-state index in [0.717, 1.165) is 5.84 Å². The second-order valence-electron chi connectivity index (χ2n) is 4.50. The summed E-state index contributed by atoms with van der Waals surface area (Å²) < 4.78 is 1.89.